The van der Waals surface area contributed by atoms with Crippen LogP contribution in [0.25, 0.3) is 0 Å². The van der Waals surface area contributed by atoms with E-state index in [1.807, 2.05) is 19.1 Å². The zero-order valence-corrected chi connectivity index (χ0v) is 14.9. The van der Waals surface area contributed by atoms with Crippen molar-refractivity contribution in [2.75, 3.05) is 13.2 Å². The average molecular weight is 367 g/mol. The molecule has 1 heterocycles. The molecule has 24 heavy (non-hydrogen) atoms. The molecule has 0 saturated carbocycles. The fraction of sp³-hybridized carbons (Fsp3) is 0.294. The highest BCUT2D eigenvalue weighted by molar-refractivity contribution is 7.16. The standard InChI is InChI=1S/C17H19ClN2O3S/c1-2-20(10-14-7-8-15(18)24-14)17(22)11-23-13-5-3-12(4-6-13)9-16(19)21/h3-8H,2,9-11H2,1H3,(H2,19,21). The number of carbonyl (C=O) groups excluding carboxylic acids is 2. The van der Waals surface area contributed by atoms with Gasteiger partial charge in [-0.15, -0.1) is 11.3 Å². The number of primary amides is 1. The van der Waals surface area contributed by atoms with Crippen molar-refractivity contribution in [2.24, 2.45) is 5.73 Å². The molecule has 1 aromatic heterocycles. The Morgan fingerprint density at radius 1 is 1.21 bits per heavy atom. The number of benzene rings is 1. The lowest BCUT2D eigenvalue weighted by Gasteiger charge is -2.20. The number of ether oxygens (including phenoxy) is 1. The van der Waals surface area contributed by atoms with Gasteiger partial charge < -0.3 is 15.4 Å². The molecule has 0 unspecified atom stereocenters. The Balaban J connectivity index is 1.87. The topological polar surface area (TPSA) is 72.6 Å². The minimum atomic E-state index is -0.383. The Hall–Kier alpha value is -2.05. The number of rotatable bonds is 8. The van der Waals surface area contributed by atoms with Crippen LogP contribution in [0.4, 0.5) is 0 Å². The number of thiophene rings is 1. The molecule has 1 aromatic carbocycles. The van der Waals surface area contributed by atoms with E-state index in [-0.39, 0.29) is 24.8 Å². The molecule has 0 aliphatic carbocycles. The normalized spacial score (nSPS) is 10.4. The van der Waals surface area contributed by atoms with E-state index in [1.165, 1.54) is 11.3 Å². The van der Waals surface area contributed by atoms with Crippen LogP contribution in [0.1, 0.15) is 17.4 Å². The average Bonchev–Trinajstić information content (AvgIpc) is 2.96. The second kappa shape index (κ2) is 8.70. The fourth-order valence-electron chi connectivity index (χ4n) is 2.14. The van der Waals surface area contributed by atoms with Gasteiger partial charge in [-0.25, -0.2) is 0 Å². The number of halogens is 1. The summed E-state index contributed by atoms with van der Waals surface area (Å²) in [7, 11) is 0. The third-order valence-corrected chi connectivity index (χ3v) is 4.59. The van der Waals surface area contributed by atoms with Crippen LogP contribution in [0, 0.1) is 0 Å². The number of hydrogen-bond acceptors (Lipinski definition) is 4. The lowest BCUT2D eigenvalue weighted by molar-refractivity contribution is -0.133. The molecule has 0 aliphatic heterocycles. The third-order valence-electron chi connectivity index (χ3n) is 3.37. The Kier molecular flexibility index (Phi) is 6.63. The molecule has 0 aliphatic rings. The quantitative estimate of drug-likeness (QED) is 0.780. The molecular formula is C17H19ClN2O3S. The molecule has 2 amide bonds. The lowest BCUT2D eigenvalue weighted by atomic mass is 10.1. The van der Waals surface area contributed by atoms with E-state index in [1.54, 1.807) is 29.2 Å². The number of amides is 2. The second-order valence-electron chi connectivity index (χ2n) is 5.19. The first-order chi connectivity index (χ1) is 11.5. The highest BCUT2D eigenvalue weighted by atomic mass is 35.5. The molecule has 0 saturated heterocycles. The first kappa shape index (κ1) is 18.3. The van der Waals surface area contributed by atoms with Gasteiger partial charge in [-0.3, -0.25) is 9.59 Å². The summed E-state index contributed by atoms with van der Waals surface area (Å²) in [6.07, 6.45) is 0.187. The smallest absolute Gasteiger partial charge is 0.260 e. The first-order valence-electron chi connectivity index (χ1n) is 7.50. The van der Waals surface area contributed by atoms with Crippen LogP contribution < -0.4 is 10.5 Å². The molecule has 0 bridgehead atoms. The maximum Gasteiger partial charge on any atom is 0.260 e. The molecule has 0 fully saturated rings. The Labute approximate surface area is 150 Å². The predicted molar refractivity (Wildman–Crippen MR) is 95.3 cm³/mol. The number of hydrogen-bond donors (Lipinski definition) is 1. The van der Waals surface area contributed by atoms with Gasteiger partial charge in [-0.2, -0.15) is 0 Å². The molecule has 0 radical (unpaired) electrons. The van der Waals surface area contributed by atoms with Gasteiger partial charge in [0.15, 0.2) is 6.61 Å². The summed E-state index contributed by atoms with van der Waals surface area (Å²) in [4.78, 5) is 25.9. The first-order valence-corrected chi connectivity index (χ1v) is 8.69. The van der Waals surface area contributed by atoms with E-state index in [2.05, 4.69) is 0 Å². The maximum atomic E-state index is 12.3. The molecule has 5 nitrogen and oxygen atoms in total. The largest absolute Gasteiger partial charge is 0.484 e. The minimum Gasteiger partial charge on any atom is -0.484 e. The number of nitrogens with zero attached hydrogens (tertiary/aromatic N) is 1. The molecule has 0 spiro atoms. The SMILES string of the molecule is CCN(Cc1ccc(Cl)s1)C(=O)COc1ccc(CC(N)=O)cc1. The summed E-state index contributed by atoms with van der Waals surface area (Å²) in [5.41, 5.74) is 5.96. The zero-order valence-electron chi connectivity index (χ0n) is 13.3. The van der Waals surface area contributed by atoms with E-state index in [9.17, 15) is 9.59 Å². The van der Waals surface area contributed by atoms with E-state index in [0.717, 1.165) is 10.4 Å². The predicted octanol–water partition coefficient (Wildman–Crippen LogP) is 2.86. The van der Waals surface area contributed by atoms with Gasteiger partial charge in [-0.05, 0) is 36.8 Å². The number of carbonyl (C=O) groups is 2. The van der Waals surface area contributed by atoms with Gasteiger partial charge in [0, 0.05) is 11.4 Å². The van der Waals surface area contributed by atoms with Crippen LogP contribution in [0.15, 0.2) is 36.4 Å². The highest BCUT2D eigenvalue weighted by Gasteiger charge is 2.14. The van der Waals surface area contributed by atoms with Crippen molar-refractivity contribution in [1.29, 1.82) is 0 Å². The van der Waals surface area contributed by atoms with Crippen molar-refractivity contribution in [1.82, 2.24) is 4.90 Å². The van der Waals surface area contributed by atoms with Crippen LogP contribution in [0.3, 0.4) is 0 Å². The summed E-state index contributed by atoms with van der Waals surface area (Å²) in [6, 6.07) is 10.7. The van der Waals surface area contributed by atoms with Crippen LogP contribution in [0.5, 0.6) is 5.75 Å². The van der Waals surface area contributed by atoms with Gasteiger partial charge >= 0.3 is 0 Å². The van der Waals surface area contributed by atoms with Gasteiger partial charge in [-0.1, -0.05) is 23.7 Å². The van der Waals surface area contributed by atoms with Crippen molar-refractivity contribution in [3.05, 3.63) is 51.2 Å². The highest BCUT2D eigenvalue weighted by Crippen LogP contribution is 2.22. The van der Waals surface area contributed by atoms with E-state index in [4.69, 9.17) is 22.1 Å². The molecule has 0 atom stereocenters. The van der Waals surface area contributed by atoms with Crippen LogP contribution in [-0.4, -0.2) is 29.9 Å². The van der Waals surface area contributed by atoms with Gasteiger partial charge in [0.2, 0.25) is 5.91 Å². The van der Waals surface area contributed by atoms with E-state index >= 15 is 0 Å². The van der Waals surface area contributed by atoms with Crippen LogP contribution >= 0.6 is 22.9 Å². The molecule has 2 rings (SSSR count). The van der Waals surface area contributed by atoms with Gasteiger partial charge in [0.1, 0.15) is 5.75 Å². The van der Waals surface area contributed by atoms with Crippen molar-refractivity contribution < 1.29 is 14.3 Å². The Bertz CT molecular complexity index is 700. The monoisotopic (exact) mass is 366 g/mol. The number of nitrogens with two attached hydrogens (primary N) is 1. The summed E-state index contributed by atoms with van der Waals surface area (Å²) in [5.74, 6) is 0.0983. The van der Waals surface area contributed by atoms with Crippen LogP contribution in [-0.2, 0) is 22.6 Å². The Morgan fingerprint density at radius 3 is 2.46 bits per heavy atom. The third kappa shape index (κ3) is 5.54. The zero-order chi connectivity index (χ0) is 17.5. The molecule has 2 N–H and O–H groups in total. The maximum absolute atomic E-state index is 12.3. The van der Waals surface area contributed by atoms with E-state index < -0.39 is 0 Å². The molecule has 2 aromatic rings. The second-order valence-corrected chi connectivity index (χ2v) is 6.99. The minimum absolute atomic E-state index is 0.0396. The van der Waals surface area contributed by atoms with Crippen molar-refractivity contribution in [2.45, 2.75) is 19.9 Å². The van der Waals surface area contributed by atoms with Gasteiger partial charge in [0.25, 0.3) is 5.91 Å². The number of likely N-dealkylation sites (N-methyl/N-ethyl adjacent to an activating group) is 1. The van der Waals surface area contributed by atoms with Crippen molar-refractivity contribution in [3.8, 4) is 5.75 Å². The lowest BCUT2D eigenvalue weighted by Crippen LogP contribution is -2.34. The Morgan fingerprint density at radius 2 is 1.92 bits per heavy atom. The van der Waals surface area contributed by atoms with E-state index in [0.29, 0.717) is 23.2 Å². The molecular weight excluding hydrogens is 348 g/mol. The summed E-state index contributed by atoms with van der Waals surface area (Å²) in [5, 5.41) is 0. The fourth-order valence-corrected chi connectivity index (χ4v) is 3.25. The van der Waals surface area contributed by atoms with Crippen molar-refractivity contribution >= 4 is 34.8 Å². The van der Waals surface area contributed by atoms with Gasteiger partial charge in [0.05, 0.1) is 17.3 Å². The summed E-state index contributed by atoms with van der Waals surface area (Å²) in [6.45, 7) is 3.00. The molecule has 7 heteroatoms. The summed E-state index contributed by atoms with van der Waals surface area (Å²) >= 11 is 7.38. The van der Waals surface area contributed by atoms with Crippen molar-refractivity contribution in [3.63, 3.8) is 0 Å². The van der Waals surface area contributed by atoms with Crippen LogP contribution in [0.2, 0.25) is 4.34 Å². The summed E-state index contributed by atoms with van der Waals surface area (Å²) < 4.78 is 6.23. The molecule has 128 valence electrons.